The minimum absolute atomic E-state index is 0.0821. The highest BCUT2D eigenvalue weighted by molar-refractivity contribution is 7.99. The molecule has 1 amide bonds. The van der Waals surface area contributed by atoms with Crippen LogP contribution in [-0.4, -0.2) is 34.2 Å². The molecule has 1 aromatic rings. The van der Waals surface area contributed by atoms with Crippen molar-refractivity contribution >= 4 is 17.7 Å². The molecule has 0 aliphatic carbocycles. The maximum atomic E-state index is 11.6. The molecule has 0 aliphatic heterocycles. The molecule has 0 aromatic heterocycles. The number of phenolic OH excluding ortho intramolecular Hbond substituents is 2. The van der Waals surface area contributed by atoms with Crippen LogP contribution in [0.4, 0.5) is 0 Å². The Balaban J connectivity index is 2.47. The zero-order chi connectivity index (χ0) is 12.7. The molecule has 1 aromatic carbocycles. The van der Waals surface area contributed by atoms with Gasteiger partial charge in [-0.3, -0.25) is 4.79 Å². The van der Waals surface area contributed by atoms with Gasteiger partial charge >= 0.3 is 0 Å². The van der Waals surface area contributed by atoms with E-state index >= 15 is 0 Å². The third-order valence-corrected chi connectivity index (χ3v) is 2.99. The lowest BCUT2D eigenvalue weighted by Crippen LogP contribution is -2.25. The third kappa shape index (κ3) is 4.03. The van der Waals surface area contributed by atoms with Gasteiger partial charge in [-0.1, -0.05) is 12.1 Å². The first-order chi connectivity index (χ1) is 8.16. The first-order valence-corrected chi connectivity index (χ1v) is 6.30. The molecular formula is C12H15NO3S. The van der Waals surface area contributed by atoms with Gasteiger partial charge in [0.05, 0.1) is 5.56 Å². The van der Waals surface area contributed by atoms with E-state index in [1.165, 1.54) is 18.2 Å². The second-order valence-electron chi connectivity index (χ2n) is 3.29. The minimum atomic E-state index is -0.391. The van der Waals surface area contributed by atoms with E-state index in [2.05, 4.69) is 11.9 Å². The van der Waals surface area contributed by atoms with Crippen LogP contribution >= 0.6 is 11.8 Å². The number of hydrogen-bond donors (Lipinski definition) is 3. The van der Waals surface area contributed by atoms with Gasteiger partial charge in [0, 0.05) is 18.1 Å². The first-order valence-electron chi connectivity index (χ1n) is 5.14. The maximum Gasteiger partial charge on any atom is 0.255 e. The molecule has 3 N–H and O–H groups in total. The van der Waals surface area contributed by atoms with Crippen molar-refractivity contribution in [3.05, 3.63) is 36.4 Å². The van der Waals surface area contributed by atoms with Crippen LogP contribution in [0.5, 0.6) is 11.5 Å². The topological polar surface area (TPSA) is 69.6 Å². The van der Waals surface area contributed by atoms with Crippen LogP contribution < -0.4 is 5.32 Å². The number of nitrogens with one attached hydrogen (secondary N) is 1. The molecule has 17 heavy (non-hydrogen) atoms. The second kappa shape index (κ2) is 6.85. The van der Waals surface area contributed by atoms with Gasteiger partial charge in [0.25, 0.3) is 5.91 Å². The summed E-state index contributed by atoms with van der Waals surface area (Å²) in [6.45, 7) is 4.10. The summed E-state index contributed by atoms with van der Waals surface area (Å²) in [5, 5.41) is 21.4. The SMILES string of the molecule is C=CCSCCNC(=O)c1cccc(O)c1O. The average Bonchev–Trinajstić information content (AvgIpc) is 2.32. The van der Waals surface area contributed by atoms with E-state index < -0.39 is 5.91 Å². The number of carbonyl (C=O) groups excluding carboxylic acids is 1. The maximum absolute atomic E-state index is 11.6. The molecule has 0 radical (unpaired) electrons. The van der Waals surface area contributed by atoms with Crippen LogP contribution in [0, 0.1) is 0 Å². The number of para-hydroxylation sites is 1. The molecule has 0 unspecified atom stereocenters. The molecule has 92 valence electrons. The highest BCUT2D eigenvalue weighted by Gasteiger charge is 2.12. The van der Waals surface area contributed by atoms with E-state index in [1.807, 2.05) is 0 Å². The molecule has 4 nitrogen and oxygen atoms in total. The highest BCUT2D eigenvalue weighted by Crippen LogP contribution is 2.27. The van der Waals surface area contributed by atoms with Crippen molar-refractivity contribution in [1.82, 2.24) is 5.32 Å². The molecule has 0 bridgehead atoms. The standard InChI is InChI=1S/C12H15NO3S/c1-2-7-17-8-6-13-12(16)9-4-3-5-10(14)11(9)15/h2-5,14-15H,1,6-8H2,(H,13,16). The summed E-state index contributed by atoms with van der Waals surface area (Å²) in [5.41, 5.74) is 0.0821. The Labute approximate surface area is 104 Å². The first kappa shape index (κ1) is 13.4. The highest BCUT2D eigenvalue weighted by atomic mass is 32.2. The summed E-state index contributed by atoms with van der Waals surface area (Å²) in [5.74, 6) is 0.546. The molecular weight excluding hydrogens is 238 g/mol. The lowest BCUT2D eigenvalue weighted by molar-refractivity contribution is 0.0953. The smallest absolute Gasteiger partial charge is 0.255 e. The lowest BCUT2D eigenvalue weighted by atomic mass is 10.2. The zero-order valence-corrected chi connectivity index (χ0v) is 10.2. The van der Waals surface area contributed by atoms with Crippen molar-refractivity contribution in [3.8, 4) is 11.5 Å². The monoisotopic (exact) mass is 253 g/mol. The second-order valence-corrected chi connectivity index (χ2v) is 4.44. The summed E-state index contributed by atoms with van der Waals surface area (Å²) in [6, 6.07) is 4.30. The van der Waals surface area contributed by atoms with Gasteiger partial charge in [-0.25, -0.2) is 0 Å². The molecule has 0 fully saturated rings. The van der Waals surface area contributed by atoms with Crippen LogP contribution in [0.15, 0.2) is 30.9 Å². The van der Waals surface area contributed by atoms with Crippen molar-refractivity contribution in [2.45, 2.75) is 0 Å². The molecule has 0 aliphatic rings. The molecule has 0 saturated heterocycles. The van der Waals surface area contributed by atoms with Crippen LogP contribution in [0.2, 0.25) is 0 Å². The summed E-state index contributed by atoms with van der Waals surface area (Å²) < 4.78 is 0. The molecule has 5 heteroatoms. The van der Waals surface area contributed by atoms with Crippen LogP contribution in [-0.2, 0) is 0 Å². The Bertz CT molecular complexity index is 407. The van der Waals surface area contributed by atoms with Crippen molar-refractivity contribution in [2.24, 2.45) is 0 Å². The Kier molecular flexibility index (Phi) is 5.42. The van der Waals surface area contributed by atoms with E-state index in [9.17, 15) is 15.0 Å². The normalized spacial score (nSPS) is 9.88. The third-order valence-electron chi connectivity index (χ3n) is 2.03. The summed E-state index contributed by atoms with van der Waals surface area (Å²) in [6.07, 6.45) is 1.80. The fourth-order valence-electron chi connectivity index (χ4n) is 1.21. The van der Waals surface area contributed by atoms with Crippen molar-refractivity contribution < 1.29 is 15.0 Å². The fraction of sp³-hybridized carbons (Fsp3) is 0.250. The molecule has 1 rings (SSSR count). The van der Waals surface area contributed by atoms with Gasteiger partial charge < -0.3 is 15.5 Å². The minimum Gasteiger partial charge on any atom is -0.504 e. The number of hydrogen-bond acceptors (Lipinski definition) is 4. The zero-order valence-electron chi connectivity index (χ0n) is 9.35. The van der Waals surface area contributed by atoms with Crippen LogP contribution in [0.3, 0.4) is 0 Å². The Morgan fingerprint density at radius 3 is 2.94 bits per heavy atom. The van der Waals surface area contributed by atoms with Gasteiger partial charge in [-0.2, -0.15) is 11.8 Å². The average molecular weight is 253 g/mol. The quantitative estimate of drug-likeness (QED) is 0.410. The molecule has 0 saturated carbocycles. The molecule has 0 spiro atoms. The van der Waals surface area contributed by atoms with Gasteiger partial charge in [-0.15, -0.1) is 6.58 Å². The number of aromatic hydroxyl groups is 2. The van der Waals surface area contributed by atoms with Gasteiger partial charge in [-0.05, 0) is 12.1 Å². The molecule has 0 heterocycles. The predicted molar refractivity (Wildman–Crippen MR) is 69.6 cm³/mol. The van der Waals surface area contributed by atoms with Gasteiger partial charge in [0.1, 0.15) is 0 Å². The summed E-state index contributed by atoms with van der Waals surface area (Å²) >= 11 is 1.65. The van der Waals surface area contributed by atoms with Gasteiger partial charge in [0.2, 0.25) is 0 Å². The number of thioether (sulfide) groups is 1. The number of rotatable bonds is 6. The van der Waals surface area contributed by atoms with E-state index in [1.54, 1.807) is 17.8 Å². The van der Waals surface area contributed by atoms with E-state index in [-0.39, 0.29) is 17.1 Å². The van der Waals surface area contributed by atoms with Crippen LogP contribution in [0.25, 0.3) is 0 Å². The predicted octanol–water partition coefficient (Wildman–Crippen LogP) is 1.75. The largest absolute Gasteiger partial charge is 0.504 e. The lowest BCUT2D eigenvalue weighted by Gasteiger charge is -2.07. The summed E-state index contributed by atoms with van der Waals surface area (Å²) in [7, 11) is 0. The van der Waals surface area contributed by atoms with E-state index in [0.29, 0.717) is 6.54 Å². The van der Waals surface area contributed by atoms with Crippen molar-refractivity contribution in [2.75, 3.05) is 18.1 Å². The number of benzene rings is 1. The van der Waals surface area contributed by atoms with Crippen LogP contribution in [0.1, 0.15) is 10.4 Å². The number of phenols is 2. The van der Waals surface area contributed by atoms with Crippen molar-refractivity contribution in [3.63, 3.8) is 0 Å². The van der Waals surface area contributed by atoms with E-state index in [4.69, 9.17) is 0 Å². The fourth-order valence-corrected chi connectivity index (χ4v) is 1.79. The Morgan fingerprint density at radius 2 is 2.24 bits per heavy atom. The van der Waals surface area contributed by atoms with E-state index in [0.717, 1.165) is 11.5 Å². The number of amides is 1. The van der Waals surface area contributed by atoms with Gasteiger partial charge in [0.15, 0.2) is 11.5 Å². The Hall–Kier alpha value is -1.62. The number of carbonyl (C=O) groups is 1. The molecule has 0 atom stereocenters. The summed E-state index contributed by atoms with van der Waals surface area (Å²) in [4.78, 5) is 11.6. The van der Waals surface area contributed by atoms with Crippen molar-refractivity contribution in [1.29, 1.82) is 0 Å². The Morgan fingerprint density at radius 1 is 1.47 bits per heavy atom.